The van der Waals surface area contributed by atoms with Crippen molar-refractivity contribution in [1.29, 1.82) is 0 Å². The smallest absolute Gasteiger partial charge is 0.191 e. The fourth-order valence-electron chi connectivity index (χ4n) is 2.63. The zero-order valence-corrected chi connectivity index (χ0v) is 13.9. The highest BCUT2D eigenvalue weighted by atomic mass is 15.2. The average molecular weight is 282 g/mol. The molecular formula is C16H34N4. The molecule has 0 aromatic carbocycles. The number of likely N-dealkylation sites (tertiary alicyclic amines) is 1. The summed E-state index contributed by atoms with van der Waals surface area (Å²) >= 11 is 0. The third kappa shape index (κ3) is 6.60. The molecule has 2 N–H and O–H groups in total. The molecule has 4 heteroatoms. The minimum Gasteiger partial charge on any atom is -0.357 e. The van der Waals surface area contributed by atoms with Gasteiger partial charge in [0, 0.05) is 38.3 Å². The first-order valence-corrected chi connectivity index (χ1v) is 8.46. The van der Waals surface area contributed by atoms with E-state index >= 15 is 0 Å². The molecule has 1 aliphatic heterocycles. The molecule has 0 spiro atoms. The van der Waals surface area contributed by atoms with E-state index in [4.69, 9.17) is 0 Å². The van der Waals surface area contributed by atoms with Crippen molar-refractivity contribution in [2.24, 2.45) is 4.99 Å². The number of guanidine groups is 1. The van der Waals surface area contributed by atoms with Crippen molar-refractivity contribution in [3.8, 4) is 0 Å². The molecule has 1 rings (SSSR count). The van der Waals surface area contributed by atoms with Crippen LogP contribution in [0.5, 0.6) is 0 Å². The number of rotatable bonds is 7. The highest BCUT2D eigenvalue weighted by Crippen LogP contribution is 2.12. The summed E-state index contributed by atoms with van der Waals surface area (Å²) < 4.78 is 0. The number of nitrogens with one attached hydrogen (secondary N) is 2. The number of aliphatic imine (C=N–C) groups is 1. The van der Waals surface area contributed by atoms with Crippen LogP contribution in [0.4, 0.5) is 0 Å². The molecule has 0 aromatic rings. The number of hydrogen-bond acceptors (Lipinski definition) is 2. The Kier molecular flexibility index (Phi) is 8.67. The third-order valence-corrected chi connectivity index (χ3v) is 3.98. The first-order valence-electron chi connectivity index (χ1n) is 8.46. The van der Waals surface area contributed by atoms with Gasteiger partial charge in [0.25, 0.3) is 0 Å². The topological polar surface area (TPSA) is 39.7 Å². The SMILES string of the molecule is CCCCCN=C(NCC)NC1CCN(C(C)C)CC1. The zero-order valence-electron chi connectivity index (χ0n) is 13.9. The van der Waals surface area contributed by atoms with Gasteiger partial charge >= 0.3 is 0 Å². The number of nitrogens with zero attached hydrogens (tertiary/aromatic N) is 2. The van der Waals surface area contributed by atoms with E-state index in [1.54, 1.807) is 0 Å². The van der Waals surface area contributed by atoms with E-state index in [-0.39, 0.29) is 0 Å². The van der Waals surface area contributed by atoms with Gasteiger partial charge in [-0.05, 0) is 40.0 Å². The number of hydrogen-bond donors (Lipinski definition) is 2. The number of unbranched alkanes of at least 4 members (excludes halogenated alkanes) is 2. The first kappa shape index (κ1) is 17.3. The van der Waals surface area contributed by atoms with Gasteiger partial charge in [-0.25, -0.2) is 0 Å². The van der Waals surface area contributed by atoms with E-state index in [1.807, 2.05) is 0 Å². The van der Waals surface area contributed by atoms with E-state index in [1.165, 1.54) is 45.2 Å². The highest BCUT2D eigenvalue weighted by molar-refractivity contribution is 5.80. The van der Waals surface area contributed by atoms with Crippen LogP contribution in [0, 0.1) is 0 Å². The van der Waals surface area contributed by atoms with Gasteiger partial charge in [-0.3, -0.25) is 4.99 Å². The van der Waals surface area contributed by atoms with E-state index in [0.29, 0.717) is 12.1 Å². The van der Waals surface area contributed by atoms with Crippen LogP contribution in [-0.4, -0.2) is 49.1 Å². The predicted octanol–water partition coefficient (Wildman–Crippen LogP) is 2.60. The molecular weight excluding hydrogens is 248 g/mol. The first-order chi connectivity index (χ1) is 9.67. The molecule has 20 heavy (non-hydrogen) atoms. The Morgan fingerprint density at radius 1 is 1.20 bits per heavy atom. The maximum atomic E-state index is 4.68. The molecule has 0 unspecified atom stereocenters. The van der Waals surface area contributed by atoms with E-state index in [0.717, 1.165) is 19.0 Å². The Morgan fingerprint density at radius 3 is 2.45 bits per heavy atom. The molecule has 1 saturated heterocycles. The Bertz CT molecular complexity index is 268. The van der Waals surface area contributed by atoms with Crippen LogP contribution in [0.25, 0.3) is 0 Å². The fourth-order valence-corrected chi connectivity index (χ4v) is 2.63. The van der Waals surface area contributed by atoms with Gasteiger partial charge in [0.15, 0.2) is 5.96 Å². The largest absolute Gasteiger partial charge is 0.357 e. The second-order valence-electron chi connectivity index (χ2n) is 6.02. The Morgan fingerprint density at radius 2 is 1.90 bits per heavy atom. The molecule has 0 amide bonds. The number of piperidine rings is 1. The van der Waals surface area contributed by atoms with Crippen molar-refractivity contribution in [3.05, 3.63) is 0 Å². The van der Waals surface area contributed by atoms with E-state index in [2.05, 4.69) is 48.2 Å². The van der Waals surface area contributed by atoms with Crippen LogP contribution in [0.1, 0.15) is 59.8 Å². The van der Waals surface area contributed by atoms with Crippen LogP contribution in [0.15, 0.2) is 4.99 Å². The minimum absolute atomic E-state index is 0.578. The molecule has 0 aromatic heterocycles. The molecule has 0 saturated carbocycles. The zero-order chi connectivity index (χ0) is 14.8. The summed E-state index contributed by atoms with van der Waals surface area (Å²) in [6.45, 7) is 13.2. The van der Waals surface area contributed by atoms with Crippen LogP contribution in [0.3, 0.4) is 0 Å². The summed E-state index contributed by atoms with van der Waals surface area (Å²) in [4.78, 5) is 7.24. The standard InChI is InChI=1S/C16H34N4/c1-5-7-8-11-18-16(17-6-2)19-15-9-12-20(13-10-15)14(3)4/h14-15H,5-13H2,1-4H3,(H2,17,18,19). The quantitative estimate of drug-likeness (QED) is 0.428. The van der Waals surface area contributed by atoms with E-state index < -0.39 is 0 Å². The molecule has 0 radical (unpaired) electrons. The summed E-state index contributed by atoms with van der Waals surface area (Å²) in [7, 11) is 0. The second-order valence-corrected chi connectivity index (χ2v) is 6.02. The summed E-state index contributed by atoms with van der Waals surface area (Å²) in [5.41, 5.74) is 0. The lowest BCUT2D eigenvalue weighted by molar-refractivity contribution is 0.167. The lowest BCUT2D eigenvalue weighted by atomic mass is 10.0. The van der Waals surface area contributed by atoms with Crippen molar-refractivity contribution in [1.82, 2.24) is 15.5 Å². The highest BCUT2D eigenvalue weighted by Gasteiger charge is 2.21. The predicted molar refractivity (Wildman–Crippen MR) is 88.4 cm³/mol. The molecule has 1 fully saturated rings. The van der Waals surface area contributed by atoms with Gasteiger partial charge < -0.3 is 15.5 Å². The molecule has 0 bridgehead atoms. The van der Waals surface area contributed by atoms with Crippen molar-refractivity contribution in [3.63, 3.8) is 0 Å². The average Bonchev–Trinajstić information content (AvgIpc) is 2.44. The molecule has 1 aliphatic rings. The van der Waals surface area contributed by atoms with Gasteiger partial charge in [-0.15, -0.1) is 0 Å². The lowest BCUT2D eigenvalue weighted by Crippen LogP contribution is -2.49. The van der Waals surface area contributed by atoms with Gasteiger partial charge in [0.1, 0.15) is 0 Å². The Labute approximate surface area is 125 Å². The molecule has 1 heterocycles. The van der Waals surface area contributed by atoms with Crippen molar-refractivity contribution < 1.29 is 0 Å². The van der Waals surface area contributed by atoms with Gasteiger partial charge in [-0.2, -0.15) is 0 Å². The Balaban J connectivity index is 2.34. The maximum Gasteiger partial charge on any atom is 0.191 e. The van der Waals surface area contributed by atoms with Gasteiger partial charge in [0.2, 0.25) is 0 Å². The molecule has 118 valence electrons. The normalized spacial score (nSPS) is 18.6. The third-order valence-electron chi connectivity index (χ3n) is 3.98. The van der Waals surface area contributed by atoms with Crippen LogP contribution in [0.2, 0.25) is 0 Å². The summed E-state index contributed by atoms with van der Waals surface area (Å²) in [5, 5.41) is 6.97. The molecule has 4 nitrogen and oxygen atoms in total. The van der Waals surface area contributed by atoms with Gasteiger partial charge in [-0.1, -0.05) is 19.8 Å². The maximum absolute atomic E-state index is 4.68. The second kappa shape index (κ2) is 10.0. The minimum atomic E-state index is 0.578. The van der Waals surface area contributed by atoms with E-state index in [9.17, 15) is 0 Å². The summed E-state index contributed by atoms with van der Waals surface area (Å²) in [6, 6.07) is 1.25. The van der Waals surface area contributed by atoms with Crippen LogP contribution < -0.4 is 10.6 Å². The molecule has 0 aliphatic carbocycles. The van der Waals surface area contributed by atoms with Gasteiger partial charge in [0.05, 0.1) is 0 Å². The summed E-state index contributed by atoms with van der Waals surface area (Å²) in [6.07, 6.45) is 6.16. The Hall–Kier alpha value is -0.770. The summed E-state index contributed by atoms with van der Waals surface area (Å²) in [5.74, 6) is 1.01. The van der Waals surface area contributed by atoms with Crippen molar-refractivity contribution in [2.75, 3.05) is 26.2 Å². The van der Waals surface area contributed by atoms with Crippen LogP contribution >= 0.6 is 0 Å². The molecule has 0 atom stereocenters. The van der Waals surface area contributed by atoms with Crippen molar-refractivity contribution in [2.45, 2.75) is 71.9 Å². The van der Waals surface area contributed by atoms with Crippen LogP contribution in [-0.2, 0) is 0 Å². The fraction of sp³-hybridized carbons (Fsp3) is 0.938. The lowest BCUT2D eigenvalue weighted by Gasteiger charge is -2.35. The van der Waals surface area contributed by atoms with Crippen molar-refractivity contribution >= 4 is 5.96 Å². The monoisotopic (exact) mass is 282 g/mol.